The van der Waals surface area contributed by atoms with Crippen LogP contribution in [0.3, 0.4) is 0 Å². The van der Waals surface area contributed by atoms with Crippen LogP contribution in [0.25, 0.3) is 0 Å². The molecule has 1 aromatic rings. The van der Waals surface area contributed by atoms with Crippen LogP contribution in [0.4, 0.5) is 0 Å². The van der Waals surface area contributed by atoms with Gasteiger partial charge in [-0.2, -0.15) is 0 Å². The number of nitrogens with one attached hydrogen (secondary N) is 1. The highest BCUT2D eigenvalue weighted by Gasteiger charge is 2.20. The van der Waals surface area contributed by atoms with Crippen molar-refractivity contribution in [2.75, 3.05) is 20.2 Å². The lowest BCUT2D eigenvalue weighted by molar-refractivity contribution is 0.178. The zero-order valence-corrected chi connectivity index (χ0v) is 12.4. The lowest BCUT2D eigenvalue weighted by Gasteiger charge is -2.34. The third kappa shape index (κ3) is 4.51. The predicted molar refractivity (Wildman–Crippen MR) is 79.6 cm³/mol. The summed E-state index contributed by atoms with van der Waals surface area (Å²) in [4.78, 5) is 2.55. The van der Waals surface area contributed by atoms with E-state index >= 15 is 0 Å². The molecule has 1 heterocycles. The highest BCUT2D eigenvalue weighted by molar-refractivity contribution is 5.27. The molecule has 0 radical (unpaired) electrons. The number of likely N-dealkylation sites (tertiary alicyclic amines) is 1. The Bertz CT molecular complexity index is 375. The number of ether oxygens (including phenoxy) is 1. The fourth-order valence-corrected chi connectivity index (χ4v) is 2.80. The Morgan fingerprint density at radius 1 is 1.32 bits per heavy atom. The Morgan fingerprint density at radius 3 is 2.68 bits per heavy atom. The molecule has 1 atom stereocenters. The number of hydrogen-bond acceptors (Lipinski definition) is 3. The van der Waals surface area contributed by atoms with Crippen molar-refractivity contribution in [2.45, 2.75) is 45.3 Å². The van der Waals surface area contributed by atoms with Crippen molar-refractivity contribution in [3.8, 4) is 5.75 Å². The molecule has 19 heavy (non-hydrogen) atoms. The first kappa shape index (κ1) is 14.4. The molecule has 0 aromatic heterocycles. The van der Waals surface area contributed by atoms with E-state index in [0.29, 0.717) is 12.1 Å². The van der Waals surface area contributed by atoms with Crippen LogP contribution in [0.15, 0.2) is 24.3 Å². The third-order valence-corrected chi connectivity index (χ3v) is 3.64. The van der Waals surface area contributed by atoms with Crippen LogP contribution in [0.1, 0.15) is 32.3 Å². The Hall–Kier alpha value is -1.06. The van der Waals surface area contributed by atoms with Gasteiger partial charge >= 0.3 is 0 Å². The van der Waals surface area contributed by atoms with Gasteiger partial charge < -0.3 is 10.1 Å². The first-order valence-corrected chi connectivity index (χ1v) is 7.28. The maximum Gasteiger partial charge on any atom is 0.118 e. The summed E-state index contributed by atoms with van der Waals surface area (Å²) >= 11 is 0. The molecule has 1 saturated heterocycles. The van der Waals surface area contributed by atoms with Crippen molar-refractivity contribution in [1.82, 2.24) is 10.2 Å². The molecular formula is C16H26N2O. The summed E-state index contributed by atoms with van der Waals surface area (Å²) in [7, 11) is 1.71. The van der Waals surface area contributed by atoms with Gasteiger partial charge in [-0.15, -0.1) is 0 Å². The summed E-state index contributed by atoms with van der Waals surface area (Å²) in [5.74, 6) is 0.932. The summed E-state index contributed by atoms with van der Waals surface area (Å²) in [5.41, 5.74) is 1.37. The van der Waals surface area contributed by atoms with E-state index in [0.717, 1.165) is 18.8 Å². The second kappa shape index (κ2) is 6.92. The molecule has 1 aliphatic heterocycles. The molecule has 3 nitrogen and oxygen atoms in total. The number of nitrogens with zero attached hydrogens (tertiary/aromatic N) is 1. The van der Waals surface area contributed by atoms with E-state index in [1.165, 1.54) is 24.9 Å². The number of rotatable bonds is 5. The second-order valence-corrected chi connectivity index (χ2v) is 5.74. The van der Waals surface area contributed by atoms with Crippen molar-refractivity contribution in [2.24, 2.45) is 0 Å². The van der Waals surface area contributed by atoms with E-state index in [-0.39, 0.29) is 0 Å². The third-order valence-electron chi connectivity index (χ3n) is 3.64. The first-order valence-electron chi connectivity index (χ1n) is 7.28. The molecule has 0 spiro atoms. The van der Waals surface area contributed by atoms with E-state index in [1.807, 2.05) is 12.1 Å². The van der Waals surface area contributed by atoms with Crippen molar-refractivity contribution < 1.29 is 4.74 Å². The van der Waals surface area contributed by atoms with E-state index in [9.17, 15) is 0 Å². The molecule has 1 N–H and O–H groups in total. The molecule has 1 aromatic carbocycles. The zero-order valence-electron chi connectivity index (χ0n) is 12.4. The Labute approximate surface area is 116 Å². The minimum absolute atomic E-state index is 0.575. The van der Waals surface area contributed by atoms with Crippen LogP contribution in [-0.2, 0) is 6.54 Å². The topological polar surface area (TPSA) is 24.5 Å². The van der Waals surface area contributed by atoms with E-state index in [1.54, 1.807) is 7.11 Å². The first-order chi connectivity index (χ1) is 9.17. The maximum atomic E-state index is 5.20. The minimum Gasteiger partial charge on any atom is -0.497 e. The van der Waals surface area contributed by atoms with Crippen LogP contribution in [0.5, 0.6) is 5.75 Å². The molecular weight excluding hydrogens is 236 g/mol. The molecule has 0 bridgehead atoms. The van der Waals surface area contributed by atoms with Crippen LogP contribution in [0.2, 0.25) is 0 Å². The highest BCUT2D eigenvalue weighted by atomic mass is 16.5. The molecule has 1 aliphatic rings. The normalized spacial score (nSPS) is 20.7. The standard InChI is InChI=1S/C16H26N2O/c1-13(2)17-15-5-4-10-18(12-15)11-14-6-8-16(19-3)9-7-14/h6-9,13,15,17H,4-5,10-12H2,1-3H3/t15-/m1/s1. The largest absolute Gasteiger partial charge is 0.497 e. The summed E-state index contributed by atoms with van der Waals surface area (Å²) in [5, 5.41) is 3.65. The van der Waals surface area contributed by atoms with Crippen molar-refractivity contribution in [3.05, 3.63) is 29.8 Å². The SMILES string of the molecule is COc1ccc(CN2CCC[C@@H](NC(C)C)C2)cc1. The summed E-state index contributed by atoms with van der Waals surface area (Å²) in [6.07, 6.45) is 2.60. The van der Waals surface area contributed by atoms with Gasteiger partial charge in [0.25, 0.3) is 0 Å². The Morgan fingerprint density at radius 2 is 2.05 bits per heavy atom. The van der Waals surface area contributed by atoms with Crippen molar-refractivity contribution in [1.29, 1.82) is 0 Å². The smallest absolute Gasteiger partial charge is 0.118 e. The molecule has 3 heteroatoms. The molecule has 0 saturated carbocycles. The summed E-state index contributed by atoms with van der Waals surface area (Å²) in [6.45, 7) is 7.86. The van der Waals surface area contributed by atoms with Gasteiger partial charge in [-0.25, -0.2) is 0 Å². The monoisotopic (exact) mass is 262 g/mol. The maximum absolute atomic E-state index is 5.20. The van der Waals surface area contributed by atoms with E-state index in [2.05, 4.69) is 36.2 Å². The zero-order chi connectivity index (χ0) is 13.7. The number of benzene rings is 1. The van der Waals surface area contributed by atoms with E-state index in [4.69, 9.17) is 4.74 Å². The fraction of sp³-hybridized carbons (Fsp3) is 0.625. The van der Waals surface area contributed by atoms with Gasteiger partial charge in [-0.3, -0.25) is 4.90 Å². The molecule has 0 amide bonds. The van der Waals surface area contributed by atoms with Gasteiger partial charge in [0.05, 0.1) is 7.11 Å². The molecule has 0 unspecified atom stereocenters. The molecule has 2 rings (SSSR count). The lowest BCUT2D eigenvalue weighted by Crippen LogP contribution is -2.47. The minimum atomic E-state index is 0.575. The van der Waals surface area contributed by atoms with Gasteiger partial charge in [0, 0.05) is 25.2 Å². The highest BCUT2D eigenvalue weighted by Crippen LogP contribution is 2.16. The Kier molecular flexibility index (Phi) is 5.23. The summed E-state index contributed by atoms with van der Waals surface area (Å²) < 4.78 is 5.20. The van der Waals surface area contributed by atoms with Crippen LogP contribution >= 0.6 is 0 Å². The van der Waals surface area contributed by atoms with Gasteiger partial charge in [0.15, 0.2) is 0 Å². The van der Waals surface area contributed by atoms with Crippen LogP contribution < -0.4 is 10.1 Å². The Balaban J connectivity index is 1.87. The number of methoxy groups -OCH3 is 1. The average Bonchev–Trinajstić information content (AvgIpc) is 2.39. The van der Waals surface area contributed by atoms with Gasteiger partial charge in [-0.05, 0) is 37.1 Å². The molecule has 106 valence electrons. The second-order valence-electron chi connectivity index (χ2n) is 5.74. The van der Waals surface area contributed by atoms with Crippen LogP contribution in [0, 0.1) is 0 Å². The van der Waals surface area contributed by atoms with Gasteiger partial charge in [-0.1, -0.05) is 26.0 Å². The predicted octanol–water partition coefficient (Wildman–Crippen LogP) is 2.66. The van der Waals surface area contributed by atoms with Crippen molar-refractivity contribution >= 4 is 0 Å². The van der Waals surface area contributed by atoms with Gasteiger partial charge in [0.1, 0.15) is 5.75 Å². The van der Waals surface area contributed by atoms with E-state index < -0.39 is 0 Å². The fourth-order valence-electron chi connectivity index (χ4n) is 2.80. The van der Waals surface area contributed by atoms with Crippen LogP contribution in [-0.4, -0.2) is 37.2 Å². The summed E-state index contributed by atoms with van der Waals surface area (Å²) in [6, 6.07) is 9.64. The molecule has 1 fully saturated rings. The number of hydrogen-bond donors (Lipinski definition) is 1. The average molecular weight is 262 g/mol. The van der Waals surface area contributed by atoms with Crippen molar-refractivity contribution in [3.63, 3.8) is 0 Å². The molecule has 0 aliphatic carbocycles. The number of piperidine rings is 1. The lowest BCUT2D eigenvalue weighted by atomic mass is 10.0. The van der Waals surface area contributed by atoms with Gasteiger partial charge in [0.2, 0.25) is 0 Å². The quantitative estimate of drug-likeness (QED) is 0.883.